The van der Waals surface area contributed by atoms with Gasteiger partial charge in [0, 0.05) is 5.54 Å². The Balaban J connectivity index is 1.40. The number of ether oxygens (including phenoxy) is 1. The molecule has 0 spiro atoms. The number of carbonyl (C=O) groups excluding carboxylic acids is 1. The zero-order chi connectivity index (χ0) is 16.9. The first-order valence-electron chi connectivity index (χ1n) is 8.63. The summed E-state index contributed by atoms with van der Waals surface area (Å²) < 4.78 is 19.0. The zero-order valence-corrected chi connectivity index (χ0v) is 13.7. The second kappa shape index (κ2) is 5.57. The van der Waals surface area contributed by atoms with Crippen molar-refractivity contribution in [3.8, 4) is 5.88 Å². The number of hydrogen-bond donors (Lipinski definition) is 2. The molecule has 4 fully saturated rings. The maximum Gasteiger partial charge on any atom is 0.348 e. The van der Waals surface area contributed by atoms with Crippen molar-refractivity contribution < 1.29 is 13.9 Å². The minimum atomic E-state index is -0.739. The number of nitrogens with zero attached hydrogens (tertiary/aromatic N) is 1. The second-order valence-electron chi connectivity index (χ2n) is 7.82. The lowest BCUT2D eigenvalue weighted by molar-refractivity contribution is -0.129. The van der Waals surface area contributed by atoms with Crippen molar-refractivity contribution in [1.82, 2.24) is 15.3 Å². The third-order valence-corrected chi connectivity index (χ3v) is 5.80. The predicted octanol–water partition coefficient (Wildman–Crippen LogP) is 1.68. The molecule has 1 heterocycles. The Morgan fingerprint density at radius 2 is 1.88 bits per heavy atom. The molecule has 1 amide bonds. The van der Waals surface area contributed by atoms with Gasteiger partial charge in [-0.1, -0.05) is 0 Å². The number of rotatable bonds is 4. The highest BCUT2D eigenvalue weighted by atomic mass is 19.1. The minimum Gasteiger partial charge on any atom is -0.465 e. The summed E-state index contributed by atoms with van der Waals surface area (Å²) in [7, 11) is 0. The molecule has 4 aliphatic rings. The van der Waals surface area contributed by atoms with Gasteiger partial charge in [0.25, 0.3) is 11.8 Å². The van der Waals surface area contributed by atoms with Gasteiger partial charge in [-0.05, 0) is 63.2 Å². The smallest absolute Gasteiger partial charge is 0.348 e. The van der Waals surface area contributed by atoms with Crippen LogP contribution in [0.25, 0.3) is 0 Å². The highest BCUT2D eigenvalue weighted by molar-refractivity contribution is 5.78. The van der Waals surface area contributed by atoms with Crippen LogP contribution in [0.2, 0.25) is 0 Å². The van der Waals surface area contributed by atoms with Gasteiger partial charge < -0.3 is 15.0 Å². The van der Waals surface area contributed by atoms with Crippen molar-refractivity contribution in [1.29, 1.82) is 0 Å². The maximum atomic E-state index is 13.9. The van der Waals surface area contributed by atoms with Gasteiger partial charge >= 0.3 is 5.69 Å². The van der Waals surface area contributed by atoms with Crippen LogP contribution in [0.5, 0.6) is 5.88 Å². The molecule has 0 aromatic carbocycles. The standard InChI is InChI=1S/C17H22FN3O3/c1-9-14(18)15(20-16(23)19-9)24-8-13(22)21-17-5-10-2-11(6-17)4-12(3-10)7-17/h10-12H,2-8H2,1H3,(H,21,22)(H,19,20,23). The summed E-state index contributed by atoms with van der Waals surface area (Å²) >= 11 is 0. The Labute approximate surface area is 139 Å². The predicted molar refractivity (Wildman–Crippen MR) is 84.1 cm³/mol. The molecule has 4 aliphatic carbocycles. The number of aromatic nitrogens is 2. The van der Waals surface area contributed by atoms with Crippen molar-refractivity contribution in [2.75, 3.05) is 6.61 Å². The molecule has 130 valence electrons. The average molecular weight is 335 g/mol. The molecule has 6 nitrogen and oxygen atoms in total. The van der Waals surface area contributed by atoms with Crippen LogP contribution in [0.4, 0.5) is 4.39 Å². The number of amides is 1. The van der Waals surface area contributed by atoms with E-state index in [0.717, 1.165) is 37.0 Å². The van der Waals surface area contributed by atoms with Gasteiger partial charge in [0.15, 0.2) is 6.61 Å². The Morgan fingerprint density at radius 3 is 2.46 bits per heavy atom. The number of carbonyl (C=O) groups is 1. The number of nitrogens with one attached hydrogen (secondary N) is 2. The highest BCUT2D eigenvalue weighted by Gasteiger charge is 2.51. The van der Waals surface area contributed by atoms with Crippen LogP contribution in [0.15, 0.2) is 4.79 Å². The molecule has 2 N–H and O–H groups in total. The summed E-state index contributed by atoms with van der Waals surface area (Å²) in [5, 5.41) is 3.14. The fourth-order valence-electron chi connectivity index (χ4n) is 5.37. The molecule has 0 saturated heterocycles. The summed E-state index contributed by atoms with van der Waals surface area (Å²) in [6.07, 6.45) is 7.02. The number of halogens is 1. The van der Waals surface area contributed by atoms with Gasteiger partial charge in [-0.3, -0.25) is 4.79 Å². The summed E-state index contributed by atoms with van der Waals surface area (Å²) in [4.78, 5) is 29.3. The van der Waals surface area contributed by atoms with Crippen LogP contribution >= 0.6 is 0 Å². The van der Waals surface area contributed by atoms with Gasteiger partial charge in [0.2, 0.25) is 5.82 Å². The van der Waals surface area contributed by atoms with E-state index in [2.05, 4.69) is 15.3 Å². The molecule has 0 unspecified atom stereocenters. The Hall–Kier alpha value is -1.92. The van der Waals surface area contributed by atoms with Crippen molar-refractivity contribution in [3.05, 3.63) is 22.0 Å². The van der Waals surface area contributed by atoms with Gasteiger partial charge in [-0.2, -0.15) is 9.37 Å². The molecule has 24 heavy (non-hydrogen) atoms. The molecule has 1 aromatic rings. The van der Waals surface area contributed by atoms with E-state index in [4.69, 9.17) is 4.74 Å². The lowest BCUT2D eigenvalue weighted by atomic mass is 9.53. The lowest BCUT2D eigenvalue weighted by Gasteiger charge is -2.56. The first kappa shape index (κ1) is 15.6. The number of hydrogen-bond acceptors (Lipinski definition) is 4. The van der Waals surface area contributed by atoms with Crippen molar-refractivity contribution in [2.45, 2.75) is 51.0 Å². The van der Waals surface area contributed by atoms with E-state index < -0.39 is 17.4 Å². The van der Waals surface area contributed by atoms with Crippen LogP contribution in [-0.4, -0.2) is 28.0 Å². The van der Waals surface area contributed by atoms with E-state index in [1.165, 1.54) is 26.2 Å². The molecule has 4 saturated carbocycles. The summed E-state index contributed by atoms with van der Waals surface area (Å²) in [5.74, 6) is 0.760. The first-order valence-corrected chi connectivity index (χ1v) is 8.63. The Kier molecular flexibility index (Phi) is 3.62. The van der Waals surface area contributed by atoms with Crippen molar-refractivity contribution in [2.24, 2.45) is 17.8 Å². The monoisotopic (exact) mass is 335 g/mol. The van der Waals surface area contributed by atoms with Gasteiger partial charge in [0.05, 0.1) is 5.69 Å². The number of H-pyrrole nitrogens is 1. The normalized spacial score (nSPS) is 33.5. The largest absolute Gasteiger partial charge is 0.465 e. The van der Waals surface area contributed by atoms with Crippen LogP contribution in [0.3, 0.4) is 0 Å². The zero-order valence-electron chi connectivity index (χ0n) is 13.7. The third-order valence-electron chi connectivity index (χ3n) is 5.80. The van der Waals surface area contributed by atoms with Gasteiger partial charge in [-0.15, -0.1) is 0 Å². The van der Waals surface area contributed by atoms with Crippen LogP contribution in [0.1, 0.15) is 44.2 Å². The lowest BCUT2D eigenvalue weighted by Crippen LogP contribution is -2.60. The number of aryl methyl sites for hydroxylation is 1. The average Bonchev–Trinajstić information content (AvgIpc) is 2.47. The van der Waals surface area contributed by atoms with E-state index in [-0.39, 0.29) is 23.7 Å². The first-order chi connectivity index (χ1) is 11.4. The summed E-state index contributed by atoms with van der Waals surface area (Å²) in [6, 6.07) is 0. The second-order valence-corrected chi connectivity index (χ2v) is 7.82. The molecule has 0 atom stereocenters. The Morgan fingerprint density at radius 1 is 1.29 bits per heavy atom. The van der Waals surface area contributed by atoms with E-state index in [1.807, 2.05) is 0 Å². The topological polar surface area (TPSA) is 84.1 Å². The van der Waals surface area contributed by atoms with Crippen LogP contribution < -0.4 is 15.7 Å². The Bertz CT molecular complexity index is 695. The molecule has 0 aliphatic heterocycles. The molecule has 7 heteroatoms. The molecular weight excluding hydrogens is 313 g/mol. The molecule has 5 rings (SSSR count). The third kappa shape index (κ3) is 2.80. The van der Waals surface area contributed by atoms with Gasteiger partial charge in [-0.25, -0.2) is 4.79 Å². The quantitative estimate of drug-likeness (QED) is 0.877. The van der Waals surface area contributed by atoms with Crippen LogP contribution in [0, 0.1) is 30.5 Å². The number of aromatic amines is 1. The molecule has 1 aromatic heterocycles. The molecule has 4 bridgehead atoms. The minimum absolute atomic E-state index is 0.0477. The molecule has 0 radical (unpaired) electrons. The fraction of sp³-hybridized carbons (Fsp3) is 0.706. The van der Waals surface area contributed by atoms with E-state index in [0.29, 0.717) is 0 Å². The van der Waals surface area contributed by atoms with E-state index in [1.54, 1.807) is 0 Å². The highest BCUT2D eigenvalue weighted by Crippen LogP contribution is 2.55. The van der Waals surface area contributed by atoms with Crippen molar-refractivity contribution >= 4 is 5.91 Å². The van der Waals surface area contributed by atoms with E-state index >= 15 is 0 Å². The summed E-state index contributed by atoms with van der Waals surface area (Å²) in [6.45, 7) is 1.09. The van der Waals surface area contributed by atoms with Gasteiger partial charge in [0.1, 0.15) is 0 Å². The maximum absolute atomic E-state index is 13.9. The summed E-state index contributed by atoms with van der Waals surface area (Å²) in [5.41, 5.74) is -0.748. The SMILES string of the molecule is Cc1[nH]c(=O)nc(OCC(=O)NC23CC4CC(CC(C4)C2)C3)c1F. The van der Waals surface area contributed by atoms with Crippen LogP contribution in [-0.2, 0) is 4.79 Å². The van der Waals surface area contributed by atoms with E-state index in [9.17, 15) is 14.0 Å². The molecular formula is C17H22FN3O3. The fourth-order valence-corrected chi connectivity index (χ4v) is 5.37. The van der Waals surface area contributed by atoms with Crippen molar-refractivity contribution in [3.63, 3.8) is 0 Å².